The molecule has 0 unspecified atom stereocenters. The van der Waals surface area contributed by atoms with Gasteiger partial charge in [-0.3, -0.25) is 4.79 Å². The van der Waals surface area contributed by atoms with Gasteiger partial charge >= 0.3 is 0 Å². The molecule has 1 atom stereocenters. The van der Waals surface area contributed by atoms with Crippen LogP contribution in [0.25, 0.3) is 0 Å². The normalized spacial score (nSPS) is 17.7. The summed E-state index contributed by atoms with van der Waals surface area (Å²) in [6.45, 7) is 0.611. The summed E-state index contributed by atoms with van der Waals surface area (Å²) >= 11 is 0. The van der Waals surface area contributed by atoms with Crippen LogP contribution in [0.3, 0.4) is 0 Å². The Bertz CT molecular complexity index is 560. The van der Waals surface area contributed by atoms with Crippen LogP contribution in [0.15, 0.2) is 54.6 Å². The minimum Gasteiger partial charge on any atom is -0.493 e. The Morgan fingerprint density at radius 1 is 1.00 bits per heavy atom. The quantitative estimate of drug-likeness (QED) is 0.749. The fourth-order valence-electron chi connectivity index (χ4n) is 2.42. The minimum atomic E-state index is -0.0719. The van der Waals surface area contributed by atoms with Crippen LogP contribution >= 0.6 is 0 Å². The smallest absolute Gasteiger partial charge is 0.170 e. The molecular formula is C16H14O2. The zero-order valence-corrected chi connectivity index (χ0v) is 10.0. The molecule has 1 heterocycles. The van der Waals surface area contributed by atoms with Crippen molar-refractivity contribution in [2.24, 2.45) is 0 Å². The number of benzene rings is 2. The maximum absolute atomic E-state index is 12.5. The summed E-state index contributed by atoms with van der Waals surface area (Å²) in [5, 5.41) is 0. The van der Waals surface area contributed by atoms with E-state index in [4.69, 9.17) is 4.74 Å². The van der Waals surface area contributed by atoms with Gasteiger partial charge in [0.05, 0.1) is 12.5 Å². The molecule has 0 radical (unpaired) electrons. The van der Waals surface area contributed by atoms with Crippen molar-refractivity contribution in [2.75, 3.05) is 6.61 Å². The lowest BCUT2D eigenvalue weighted by atomic mass is 9.86. The number of ether oxygens (including phenoxy) is 1. The van der Waals surface area contributed by atoms with Crippen molar-refractivity contribution in [1.82, 2.24) is 0 Å². The average molecular weight is 238 g/mol. The Hall–Kier alpha value is -2.09. The highest BCUT2D eigenvalue weighted by molar-refractivity contribution is 6.01. The third kappa shape index (κ3) is 1.90. The predicted octanol–water partition coefficient (Wildman–Crippen LogP) is 3.44. The van der Waals surface area contributed by atoms with E-state index in [1.54, 1.807) is 0 Å². The number of ketones is 1. The van der Waals surface area contributed by atoms with Gasteiger partial charge in [-0.15, -0.1) is 0 Å². The first-order chi connectivity index (χ1) is 8.86. The molecule has 0 saturated heterocycles. The fourth-order valence-corrected chi connectivity index (χ4v) is 2.42. The molecule has 0 aromatic heterocycles. The van der Waals surface area contributed by atoms with Crippen LogP contribution in [0.5, 0.6) is 5.75 Å². The van der Waals surface area contributed by atoms with E-state index in [9.17, 15) is 4.79 Å². The van der Waals surface area contributed by atoms with Crippen molar-refractivity contribution in [1.29, 1.82) is 0 Å². The third-order valence-corrected chi connectivity index (χ3v) is 3.33. The van der Waals surface area contributed by atoms with E-state index in [2.05, 4.69) is 0 Å². The Kier molecular flexibility index (Phi) is 2.85. The topological polar surface area (TPSA) is 26.3 Å². The number of rotatable bonds is 2. The molecule has 0 fully saturated rings. The molecule has 0 saturated carbocycles. The number of para-hydroxylation sites is 1. The minimum absolute atomic E-state index is 0.0719. The van der Waals surface area contributed by atoms with Crippen LogP contribution in [-0.4, -0.2) is 12.4 Å². The van der Waals surface area contributed by atoms with Crippen LogP contribution in [0.1, 0.15) is 28.3 Å². The molecule has 3 rings (SSSR count). The molecule has 18 heavy (non-hydrogen) atoms. The molecule has 90 valence electrons. The number of carbonyl (C=O) groups excluding carboxylic acids is 1. The number of hydrogen-bond acceptors (Lipinski definition) is 2. The first kappa shape index (κ1) is 11.0. The van der Waals surface area contributed by atoms with Crippen molar-refractivity contribution >= 4 is 5.78 Å². The lowest BCUT2D eigenvalue weighted by Gasteiger charge is -2.24. The van der Waals surface area contributed by atoms with Gasteiger partial charge in [0, 0.05) is 11.1 Å². The SMILES string of the molecule is O=C(c1ccccc1)[C@@H]1CCOc2ccccc21. The average Bonchev–Trinajstić information content (AvgIpc) is 2.47. The summed E-state index contributed by atoms with van der Waals surface area (Å²) in [5.41, 5.74) is 1.79. The summed E-state index contributed by atoms with van der Waals surface area (Å²) in [6, 6.07) is 17.3. The van der Waals surface area contributed by atoms with Crippen LogP contribution in [0, 0.1) is 0 Å². The molecule has 0 amide bonds. The summed E-state index contributed by atoms with van der Waals surface area (Å²) in [4.78, 5) is 12.5. The van der Waals surface area contributed by atoms with Gasteiger partial charge in [-0.1, -0.05) is 48.5 Å². The van der Waals surface area contributed by atoms with Crippen LogP contribution in [0.2, 0.25) is 0 Å². The zero-order chi connectivity index (χ0) is 12.4. The lowest BCUT2D eigenvalue weighted by Crippen LogP contribution is -2.21. The second-order valence-electron chi connectivity index (χ2n) is 4.46. The molecule has 1 aliphatic heterocycles. The third-order valence-electron chi connectivity index (χ3n) is 3.33. The molecule has 2 nitrogen and oxygen atoms in total. The number of carbonyl (C=O) groups is 1. The summed E-state index contributed by atoms with van der Waals surface area (Å²) in [7, 11) is 0. The second kappa shape index (κ2) is 4.65. The van der Waals surface area contributed by atoms with Crippen molar-refractivity contribution < 1.29 is 9.53 Å². The summed E-state index contributed by atoms with van der Waals surface area (Å²) in [6.07, 6.45) is 0.755. The van der Waals surface area contributed by atoms with Crippen molar-refractivity contribution in [3.8, 4) is 5.75 Å². The second-order valence-corrected chi connectivity index (χ2v) is 4.46. The molecule has 2 aromatic rings. The van der Waals surface area contributed by atoms with Gasteiger partial charge in [-0.2, -0.15) is 0 Å². The van der Waals surface area contributed by atoms with Crippen LogP contribution < -0.4 is 4.74 Å². The molecule has 0 aliphatic carbocycles. The fraction of sp³-hybridized carbons (Fsp3) is 0.188. The molecule has 2 aromatic carbocycles. The van der Waals surface area contributed by atoms with Crippen molar-refractivity contribution in [3.63, 3.8) is 0 Å². The predicted molar refractivity (Wildman–Crippen MR) is 70.1 cm³/mol. The highest BCUT2D eigenvalue weighted by atomic mass is 16.5. The van der Waals surface area contributed by atoms with Crippen LogP contribution in [0.4, 0.5) is 0 Å². The van der Waals surface area contributed by atoms with E-state index in [1.807, 2.05) is 54.6 Å². The van der Waals surface area contributed by atoms with Gasteiger partial charge in [0.1, 0.15) is 5.75 Å². The molecule has 0 bridgehead atoms. The van der Waals surface area contributed by atoms with E-state index >= 15 is 0 Å². The van der Waals surface area contributed by atoms with Gasteiger partial charge in [-0.05, 0) is 12.5 Å². The van der Waals surface area contributed by atoms with Gasteiger partial charge in [0.2, 0.25) is 0 Å². The summed E-state index contributed by atoms with van der Waals surface area (Å²) in [5.74, 6) is 0.960. The Morgan fingerprint density at radius 3 is 2.56 bits per heavy atom. The zero-order valence-electron chi connectivity index (χ0n) is 10.0. The van der Waals surface area contributed by atoms with Crippen molar-refractivity contribution in [3.05, 3.63) is 65.7 Å². The van der Waals surface area contributed by atoms with Gasteiger partial charge in [-0.25, -0.2) is 0 Å². The maximum Gasteiger partial charge on any atom is 0.170 e. The molecular weight excluding hydrogens is 224 g/mol. The Labute approximate surface area is 106 Å². The van der Waals surface area contributed by atoms with Gasteiger partial charge in [0.15, 0.2) is 5.78 Å². The van der Waals surface area contributed by atoms with Crippen LogP contribution in [-0.2, 0) is 0 Å². The number of Topliss-reactive ketones (excluding diaryl/α,β-unsaturated/α-hetero) is 1. The van der Waals surface area contributed by atoms with E-state index in [0.29, 0.717) is 6.61 Å². The highest BCUT2D eigenvalue weighted by Gasteiger charge is 2.27. The maximum atomic E-state index is 12.5. The first-order valence-corrected chi connectivity index (χ1v) is 6.17. The Balaban J connectivity index is 1.97. The van der Waals surface area contributed by atoms with E-state index in [0.717, 1.165) is 23.3 Å². The largest absolute Gasteiger partial charge is 0.493 e. The van der Waals surface area contributed by atoms with E-state index < -0.39 is 0 Å². The number of fused-ring (bicyclic) bond motifs is 1. The van der Waals surface area contributed by atoms with Gasteiger partial charge in [0.25, 0.3) is 0 Å². The lowest BCUT2D eigenvalue weighted by molar-refractivity contribution is 0.0933. The van der Waals surface area contributed by atoms with Crippen molar-refractivity contribution in [2.45, 2.75) is 12.3 Å². The summed E-state index contributed by atoms with van der Waals surface area (Å²) < 4.78 is 5.59. The standard InChI is InChI=1S/C16H14O2/c17-16(12-6-2-1-3-7-12)14-10-11-18-15-9-5-4-8-13(14)15/h1-9,14H,10-11H2/t14-/m1/s1. The molecule has 2 heteroatoms. The van der Waals surface area contributed by atoms with E-state index in [-0.39, 0.29) is 11.7 Å². The Morgan fingerprint density at radius 2 is 1.72 bits per heavy atom. The monoisotopic (exact) mass is 238 g/mol. The van der Waals surface area contributed by atoms with Gasteiger partial charge < -0.3 is 4.74 Å². The molecule has 0 N–H and O–H groups in total. The number of hydrogen-bond donors (Lipinski definition) is 0. The molecule has 1 aliphatic rings. The highest BCUT2D eigenvalue weighted by Crippen LogP contribution is 2.35. The molecule has 0 spiro atoms. The van der Waals surface area contributed by atoms with E-state index in [1.165, 1.54) is 0 Å². The first-order valence-electron chi connectivity index (χ1n) is 6.17.